The van der Waals surface area contributed by atoms with Crippen molar-refractivity contribution >= 4 is 11.8 Å². The SMILES string of the molecule is C.C.CN(C)C(=O)c1ccc(C(C)(C)C)c(O)c1.CN(C)C(=O)c1ccc(C(C)(C)C)cc1. The van der Waals surface area contributed by atoms with Gasteiger partial charge in [0.25, 0.3) is 11.8 Å². The average molecular weight is 459 g/mol. The normalized spacial score (nSPS) is 10.6. The van der Waals surface area contributed by atoms with E-state index in [1.807, 2.05) is 51.1 Å². The molecule has 0 aliphatic carbocycles. The summed E-state index contributed by atoms with van der Waals surface area (Å²) in [4.78, 5) is 26.4. The van der Waals surface area contributed by atoms with E-state index in [1.54, 1.807) is 39.2 Å². The fourth-order valence-corrected chi connectivity index (χ4v) is 2.93. The third kappa shape index (κ3) is 9.29. The molecule has 0 bridgehead atoms. The smallest absolute Gasteiger partial charge is 0.253 e. The summed E-state index contributed by atoms with van der Waals surface area (Å²) in [5.74, 6) is 0.131. The minimum absolute atomic E-state index is 0. The molecule has 0 atom stereocenters. The lowest BCUT2D eigenvalue weighted by Crippen LogP contribution is -2.22. The van der Waals surface area contributed by atoms with Crippen LogP contribution in [-0.2, 0) is 10.8 Å². The maximum Gasteiger partial charge on any atom is 0.253 e. The molecular formula is C28H46N2O3. The lowest BCUT2D eigenvalue weighted by atomic mass is 9.86. The van der Waals surface area contributed by atoms with Crippen LogP contribution in [0.3, 0.4) is 0 Å². The van der Waals surface area contributed by atoms with Crippen molar-refractivity contribution in [3.05, 3.63) is 64.7 Å². The lowest BCUT2D eigenvalue weighted by Gasteiger charge is -2.21. The van der Waals surface area contributed by atoms with E-state index in [9.17, 15) is 14.7 Å². The minimum Gasteiger partial charge on any atom is -0.508 e. The predicted octanol–water partition coefficient (Wildman–Crippen LogP) is 6.35. The molecule has 33 heavy (non-hydrogen) atoms. The van der Waals surface area contributed by atoms with Crippen LogP contribution < -0.4 is 0 Å². The van der Waals surface area contributed by atoms with Gasteiger partial charge >= 0.3 is 0 Å². The number of rotatable bonds is 2. The Balaban J connectivity index is 0. The Morgan fingerprint density at radius 1 is 0.667 bits per heavy atom. The monoisotopic (exact) mass is 458 g/mol. The first-order valence-corrected chi connectivity index (χ1v) is 10.4. The van der Waals surface area contributed by atoms with Crippen molar-refractivity contribution in [3.8, 4) is 5.75 Å². The Morgan fingerprint density at radius 2 is 1.06 bits per heavy atom. The minimum atomic E-state index is -0.121. The van der Waals surface area contributed by atoms with E-state index < -0.39 is 0 Å². The van der Waals surface area contributed by atoms with E-state index in [0.717, 1.165) is 11.1 Å². The van der Waals surface area contributed by atoms with E-state index in [4.69, 9.17) is 0 Å². The van der Waals surface area contributed by atoms with E-state index in [-0.39, 0.29) is 43.2 Å². The number of phenols is 1. The number of aromatic hydroxyl groups is 1. The zero-order chi connectivity index (χ0) is 24.1. The van der Waals surface area contributed by atoms with Gasteiger partial charge in [-0.3, -0.25) is 9.59 Å². The first kappa shape index (κ1) is 32.4. The third-order valence-corrected chi connectivity index (χ3v) is 4.86. The second-order valence-corrected chi connectivity index (χ2v) is 10.2. The summed E-state index contributed by atoms with van der Waals surface area (Å²) >= 11 is 0. The van der Waals surface area contributed by atoms with Gasteiger partial charge in [-0.1, -0.05) is 74.6 Å². The third-order valence-electron chi connectivity index (χ3n) is 4.86. The van der Waals surface area contributed by atoms with Crippen molar-refractivity contribution in [2.45, 2.75) is 67.2 Å². The lowest BCUT2D eigenvalue weighted by molar-refractivity contribution is 0.0820. The van der Waals surface area contributed by atoms with Crippen LogP contribution in [0.5, 0.6) is 5.75 Å². The van der Waals surface area contributed by atoms with Gasteiger partial charge < -0.3 is 14.9 Å². The summed E-state index contributed by atoms with van der Waals surface area (Å²) in [5.41, 5.74) is 3.37. The number of hydrogen-bond acceptors (Lipinski definition) is 3. The molecule has 5 nitrogen and oxygen atoms in total. The number of carbonyl (C=O) groups is 2. The number of benzene rings is 2. The molecule has 0 saturated heterocycles. The first-order valence-electron chi connectivity index (χ1n) is 10.4. The Morgan fingerprint density at radius 3 is 1.39 bits per heavy atom. The number of phenolic OH excluding ortho intramolecular Hbond substituents is 1. The summed E-state index contributed by atoms with van der Waals surface area (Å²) in [6.45, 7) is 12.6. The Bertz CT molecular complexity index is 900. The van der Waals surface area contributed by atoms with Crippen LogP contribution >= 0.6 is 0 Å². The number of nitrogens with zero attached hydrogens (tertiary/aromatic N) is 2. The molecule has 186 valence electrons. The van der Waals surface area contributed by atoms with Crippen molar-refractivity contribution in [3.63, 3.8) is 0 Å². The maximum absolute atomic E-state index is 11.7. The molecule has 0 aliphatic heterocycles. The van der Waals surface area contributed by atoms with Gasteiger partial charge in [0.1, 0.15) is 5.75 Å². The predicted molar refractivity (Wildman–Crippen MR) is 141 cm³/mol. The Labute approximate surface area is 202 Å². The number of carbonyl (C=O) groups excluding carboxylic acids is 2. The van der Waals surface area contributed by atoms with Gasteiger partial charge in [-0.15, -0.1) is 0 Å². The molecule has 2 aromatic carbocycles. The highest BCUT2D eigenvalue weighted by atomic mass is 16.3. The van der Waals surface area contributed by atoms with Gasteiger partial charge in [0, 0.05) is 39.3 Å². The molecule has 0 spiro atoms. The fourth-order valence-electron chi connectivity index (χ4n) is 2.93. The molecule has 2 rings (SSSR count). The van der Waals surface area contributed by atoms with Crippen molar-refractivity contribution in [1.29, 1.82) is 0 Å². The van der Waals surface area contributed by atoms with Crippen LogP contribution in [0.15, 0.2) is 42.5 Å². The van der Waals surface area contributed by atoms with Crippen molar-refractivity contribution in [2.75, 3.05) is 28.2 Å². The first-order chi connectivity index (χ1) is 14.1. The Kier molecular flexibility index (Phi) is 12.2. The highest BCUT2D eigenvalue weighted by Gasteiger charge is 2.19. The molecule has 0 aliphatic rings. The molecule has 2 amide bonds. The maximum atomic E-state index is 11.7. The molecular weight excluding hydrogens is 412 g/mol. The molecule has 0 fully saturated rings. The largest absolute Gasteiger partial charge is 0.508 e. The van der Waals surface area contributed by atoms with Crippen molar-refractivity contribution in [1.82, 2.24) is 9.80 Å². The van der Waals surface area contributed by atoms with E-state index in [0.29, 0.717) is 5.56 Å². The van der Waals surface area contributed by atoms with Crippen molar-refractivity contribution in [2.24, 2.45) is 0 Å². The second kappa shape index (κ2) is 12.4. The van der Waals surface area contributed by atoms with Crippen LogP contribution in [0.25, 0.3) is 0 Å². The van der Waals surface area contributed by atoms with Crippen LogP contribution in [0.2, 0.25) is 0 Å². The van der Waals surface area contributed by atoms with Crippen molar-refractivity contribution < 1.29 is 14.7 Å². The van der Waals surface area contributed by atoms with E-state index in [1.165, 1.54) is 16.5 Å². The summed E-state index contributed by atoms with van der Waals surface area (Å²) < 4.78 is 0. The Hall–Kier alpha value is -2.82. The number of amides is 2. The van der Waals surface area contributed by atoms with Gasteiger partial charge in [-0.05, 0) is 46.2 Å². The summed E-state index contributed by atoms with van der Waals surface area (Å²) in [6, 6.07) is 12.9. The summed E-state index contributed by atoms with van der Waals surface area (Å²) in [6.07, 6.45) is 0. The molecule has 0 aromatic heterocycles. The quantitative estimate of drug-likeness (QED) is 0.570. The van der Waals surface area contributed by atoms with Gasteiger partial charge in [-0.25, -0.2) is 0 Å². The van der Waals surface area contributed by atoms with Crippen LogP contribution in [0.4, 0.5) is 0 Å². The van der Waals surface area contributed by atoms with Gasteiger partial charge in [0.2, 0.25) is 0 Å². The molecule has 5 heteroatoms. The zero-order valence-electron chi connectivity index (χ0n) is 20.7. The zero-order valence-corrected chi connectivity index (χ0v) is 20.7. The molecule has 1 N–H and O–H groups in total. The van der Waals surface area contributed by atoms with E-state index >= 15 is 0 Å². The molecule has 2 aromatic rings. The van der Waals surface area contributed by atoms with Gasteiger partial charge in [-0.2, -0.15) is 0 Å². The summed E-state index contributed by atoms with van der Waals surface area (Å²) in [7, 11) is 6.91. The number of hydrogen-bond donors (Lipinski definition) is 1. The fraction of sp³-hybridized carbons (Fsp3) is 0.500. The standard InChI is InChI=1S/C13H19NO2.C13H19NO.2CH4/c1-13(2,3)10-7-6-9(8-11(10)15)12(16)14(4)5;1-13(2,3)11-8-6-10(7-9-11)12(15)14(4)5;;/h6-8,15H,1-5H3;6-9H,1-5H3;2*1H4. The van der Waals surface area contributed by atoms with Gasteiger partial charge in [0.05, 0.1) is 0 Å². The second-order valence-electron chi connectivity index (χ2n) is 10.2. The topological polar surface area (TPSA) is 60.9 Å². The van der Waals surface area contributed by atoms with Gasteiger partial charge in [0.15, 0.2) is 0 Å². The van der Waals surface area contributed by atoms with Crippen LogP contribution in [0.1, 0.15) is 88.2 Å². The summed E-state index contributed by atoms with van der Waals surface area (Å²) in [5, 5.41) is 9.89. The molecule has 0 radical (unpaired) electrons. The highest BCUT2D eigenvalue weighted by molar-refractivity contribution is 5.94. The molecule has 0 heterocycles. The molecule has 0 unspecified atom stereocenters. The van der Waals surface area contributed by atoms with Crippen LogP contribution in [0, 0.1) is 0 Å². The molecule has 0 saturated carbocycles. The van der Waals surface area contributed by atoms with Crippen LogP contribution in [-0.4, -0.2) is 54.9 Å². The van der Waals surface area contributed by atoms with E-state index in [2.05, 4.69) is 20.8 Å². The average Bonchev–Trinajstić information content (AvgIpc) is 2.65. The highest BCUT2D eigenvalue weighted by Crippen LogP contribution is 2.31.